The van der Waals surface area contributed by atoms with Crippen LogP contribution in [0.15, 0.2) is 65.3 Å². The van der Waals surface area contributed by atoms with Gasteiger partial charge < -0.3 is 19.5 Å². The highest BCUT2D eigenvalue weighted by Gasteiger charge is 2.13. The van der Waals surface area contributed by atoms with E-state index >= 15 is 0 Å². The van der Waals surface area contributed by atoms with E-state index in [1.54, 1.807) is 24.4 Å². The lowest BCUT2D eigenvalue weighted by molar-refractivity contribution is 0.264. The van der Waals surface area contributed by atoms with Crippen molar-refractivity contribution in [3.05, 3.63) is 82.2 Å². The van der Waals surface area contributed by atoms with Crippen LogP contribution in [0.1, 0.15) is 24.5 Å². The maximum absolute atomic E-state index is 13.9. The molecule has 1 N–H and O–H groups in total. The van der Waals surface area contributed by atoms with E-state index in [2.05, 4.69) is 26.2 Å². The van der Waals surface area contributed by atoms with Crippen molar-refractivity contribution in [1.82, 2.24) is 10.3 Å². The third-order valence-electron chi connectivity index (χ3n) is 4.41. The van der Waals surface area contributed by atoms with Crippen molar-refractivity contribution in [2.45, 2.75) is 26.5 Å². The summed E-state index contributed by atoms with van der Waals surface area (Å²) in [6.45, 7) is 4.63. The summed E-state index contributed by atoms with van der Waals surface area (Å²) in [5.41, 5.74) is 1.55. The van der Waals surface area contributed by atoms with Gasteiger partial charge in [-0.3, -0.25) is 0 Å². The summed E-state index contributed by atoms with van der Waals surface area (Å²) in [5.74, 6) is 1.55. The number of nitrogens with one attached hydrogen (secondary N) is 1. The SMILES string of the molecule is CCOc1cc(CNCCCOc2ccccn2)cc(Br)c1OCc1ccccc1F. The Morgan fingerprint density at radius 1 is 1.03 bits per heavy atom. The van der Waals surface area contributed by atoms with E-state index in [4.69, 9.17) is 14.2 Å². The van der Waals surface area contributed by atoms with Gasteiger partial charge in [0.25, 0.3) is 0 Å². The number of rotatable bonds is 12. The molecule has 0 aliphatic carbocycles. The second-order valence-corrected chi connectivity index (χ2v) is 7.62. The number of aromatic nitrogens is 1. The molecule has 164 valence electrons. The smallest absolute Gasteiger partial charge is 0.213 e. The number of halogens is 2. The average molecular weight is 489 g/mol. The number of benzene rings is 2. The largest absolute Gasteiger partial charge is 0.490 e. The van der Waals surface area contributed by atoms with Gasteiger partial charge >= 0.3 is 0 Å². The molecule has 0 radical (unpaired) electrons. The zero-order valence-electron chi connectivity index (χ0n) is 17.4. The molecule has 3 aromatic rings. The zero-order chi connectivity index (χ0) is 21.9. The fraction of sp³-hybridized carbons (Fsp3) is 0.292. The van der Waals surface area contributed by atoms with E-state index in [0.29, 0.717) is 42.7 Å². The van der Waals surface area contributed by atoms with Gasteiger partial charge in [-0.2, -0.15) is 0 Å². The van der Waals surface area contributed by atoms with Crippen molar-refractivity contribution in [2.24, 2.45) is 0 Å². The third kappa shape index (κ3) is 7.22. The monoisotopic (exact) mass is 488 g/mol. The van der Waals surface area contributed by atoms with Crippen molar-refractivity contribution in [3.63, 3.8) is 0 Å². The van der Waals surface area contributed by atoms with Gasteiger partial charge in [0.1, 0.15) is 12.4 Å². The first-order valence-corrected chi connectivity index (χ1v) is 11.0. The molecule has 0 unspecified atom stereocenters. The molecule has 0 aliphatic rings. The Bertz CT molecular complexity index is 957. The maximum Gasteiger partial charge on any atom is 0.213 e. The minimum absolute atomic E-state index is 0.124. The number of hydrogen-bond donors (Lipinski definition) is 1. The van der Waals surface area contributed by atoms with Gasteiger partial charge in [-0.15, -0.1) is 0 Å². The first-order chi connectivity index (χ1) is 15.2. The Morgan fingerprint density at radius 2 is 1.87 bits per heavy atom. The van der Waals surface area contributed by atoms with Gasteiger partial charge in [-0.05, 0) is 65.6 Å². The fourth-order valence-electron chi connectivity index (χ4n) is 2.93. The van der Waals surface area contributed by atoms with E-state index in [9.17, 15) is 4.39 Å². The molecule has 5 nitrogen and oxygen atoms in total. The summed E-state index contributed by atoms with van der Waals surface area (Å²) in [6, 6.07) is 16.1. The van der Waals surface area contributed by atoms with Crippen LogP contribution in [0, 0.1) is 5.82 Å². The maximum atomic E-state index is 13.9. The van der Waals surface area contributed by atoms with Crippen molar-refractivity contribution in [3.8, 4) is 17.4 Å². The van der Waals surface area contributed by atoms with Gasteiger partial charge in [0.05, 0.1) is 17.7 Å². The molecule has 1 heterocycles. The predicted molar refractivity (Wildman–Crippen MR) is 122 cm³/mol. The van der Waals surface area contributed by atoms with Crippen LogP contribution < -0.4 is 19.5 Å². The molecule has 1 aromatic heterocycles. The van der Waals surface area contributed by atoms with E-state index in [1.807, 2.05) is 37.3 Å². The second-order valence-electron chi connectivity index (χ2n) is 6.76. The third-order valence-corrected chi connectivity index (χ3v) is 5.00. The van der Waals surface area contributed by atoms with Crippen LogP contribution in [-0.4, -0.2) is 24.7 Å². The Kier molecular flexibility index (Phi) is 9.12. The highest BCUT2D eigenvalue weighted by atomic mass is 79.9. The molecular formula is C24H26BrFN2O3. The van der Waals surface area contributed by atoms with E-state index in [1.165, 1.54) is 6.07 Å². The highest BCUT2D eigenvalue weighted by Crippen LogP contribution is 2.37. The molecule has 7 heteroatoms. The van der Waals surface area contributed by atoms with Crippen LogP contribution in [0.25, 0.3) is 0 Å². The van der Waals surface area contributed by atoms with Gasteiger partial charge in [-0.1, -0.05) is 24.3 Å². The quantitative estimate of drug-likeness (QED) is 0.340. The molecule has 0 atom stereocenters. The van der Waals surface area contributed by atoms with Gasteiger partial charge in [0.2, 0.25) is 5.88 Å². The lowest BCUT2D eigenvalue weighted by atomic mass is 10.2. The van der Waals surface area contributed by atoms with Gasteiger partial charge in [-0.25, -0.2) is 9.37 Å². The van der Waals surface area contributed by atoms with Crippen LogP contribution in [0.4, 0.5) is 4.39 Å². The summed E-state index contributed by atoms with van der Waals surface area (Å²) < 4.78 is 31.9. The lowest BCUT2D eigenvalue weighted by Crippen LogP contribution is -2.17. The average Bonchev–Trinajstić information content (AvgIpc) is 2.77. The molecule has 0 saturated heterocycles. The first kappa shape index (κ1) is 23.0. The molecule has 2 aromatic carbocycles. The number of ether oxygens (including phenoxy) is 3. The van der Waals surface area contributed by atoms with Crippen molar-refractivity contribution in [2.75, 3.05) is 19.8 Å². The summed E-state index contributed by atoms with van der Waals surface area (Å²) in [5, 5.41) is 3.40. The molecule has 3 rings (SSSR count). The Morgan fingerprint density at radius 3 is 2.65 bits per heavy atom. The summed E-state index contributed by atoms with van der Waals surface area (Å²) >= 11 is 3.57. The zero-order valence-corrected chi connectivity index (χ0v) is 19.0. The molecule has 0 bridgehead atoms. The van der Waals surface area contributed by atoms with Crippen LogP contribution in [0.3, 0.4) is 0 Å². The Hall–Kier alpha value is -2.64. The van der Waals surface area contributed by atoms with Crippen molar-refractivity contribution in [1.29, 1.82) is 0 Å². The molecule has 31 heavy (non-hydrogen) atoms. The Labute approximate surface area is 190 Å². The molecular weight excluding hydrogens is 463 g/mol. The summed E-state index contributed by atoms with van der Waals surface area (Å²) in [6.07, 6.45) is 2.57. The van der Waals surface area contributed by atoms with Gasteiger partial charge in [0.15, 0.2) is 11.5 Å². The topological polar surface area (TPSA) is 52.6 Å². The van der Waals surface area contributed by atoms with E-state index in [-0.39, 0.29) is 12.4 Å². The van der Waals surface area contributed by atoms with E-state index in [0.717, 1.165) is 23.0 Å². The minimum Gasteiger partial charge on any atom is -0.490 e. The number of hydrogen-bond acceptors (Lipinski definition) is 5. The molecule has 0 fully saturated rings. The van der Waals surface area contributed by atoms with E-state index < -0.39 is 0 Å². The predicted octanol–water partition coefficient (Wildman–Crippen LogP) is 5.52. The Balaban J connectivity index is 1.52. The van der Waals surface area contributed by atoms with Crippen LogP contribution in [0.5, 0.6) is 17.4 Å². The normalized spacial score (nSPS) is 10.7. The molecule has 0 spiro atoms. The standard InChI is InChI=1S/C24H26BrFN2O3/c1-2-29-22-15-18(16-27-11-7-13-30-23-10-5-6-12-28-23)14-20(25)24(22)31-17-19-8-3-4-9-21(19)26/h3-6,8-10,12,14-15,27H,2,7,11,13,16-17H2,1H3. The molecule has 0 aliphatic heterocycles. The van der Waals surface area contributed by atoms with Crippen LogP contribution in [-0.2, 0) is 13.2 Å². The van der Waals surface area contributed by atoms with Crippen molar-refractivity contribution >= 4 is 15.9 Å². The fourth-order valence-corrected chi connectivity index (χ4v) is 3.53. The molecule has 0 saturated carbocycles. The first-order valence-electron chi connectivity index (χ1n) is 10.2. The van der Waals surface area contributed by atoms with Crippen LogP contribution >= 0.6 is 15.9 Å². The summed E-state index contributed by atoms with van der Waals surface area (Å²) in [7, 11) is 0. The number of pyridine rings is 1. The minimum atomic E-state index is -0.288. The number of nitrogens with zero attached hydrogens (tertiary/aromatic N) is 1. The lowest BCUT2D eigenvalue weighted by Gasteiger charge is -2.16. The van der Waals surface area contributed by atoms with Crippen molar-refractivity contribution < 1.29 is 18.6 Å². The highest BCUT2D eigenvalue weighted by molar-refractivity contribution is 9.10. The summed E-state index contributed by atoms with van der Waals surface area (Å²) in [4.78, 5) is 4.13. The van der Waals surface area contributed by atoms with Crippen LogP contribution in [0.2, 0.25) is 0 Å². The molecule has 0 amide bonds. The van der Waals surface area contributed by atoms with Gasteiger partial charge in [0, 0.05) is 24.4 Å². The second kappa shape index (κ2) is 12.3.